The highest BCUT2D eigenvalue weighted by Crippen LogP contribution is 2.24. The average molecular weight is 553 g/mol. The predicted molar refractivity (Wildman–Crippen MR) is 143 cm³/mol. The van der Waals surface area contributed by atoms with Crippen molar-refractivity contribution in [1.29, 1.82) is 0 Å². The van der Waals surface area contributed by atoms with Gasteiger partial charge < -0.3 is 47.4 Å². The maximum atomic E-state index is 10.9. The molecule has 0 aromatic carbocycles. The van der Waals surface area contributed by atoms with Crippen molar-refractivity contribution in [3.05, 3.63) is 12.7 Å². The zero-order valence-electron chi connectivity index (χ0n) is 23.9. The highest BCUT2D eigenvalue weighted by molar-refractivity contribution is 5.81. The summed E-state index contributed by atoms with van der Waals surface area (Å²) in [6.07, 6.45) is 1.95. The first kappa shape index (κ1) is 36.8. The molecule has 11 nitrogen and oxygen atoms in total. The van der Waals surface area contributed by atoms with Gasteiger partial charge >= 0.3 is 5.97 Å². The van der Waals surface area contributed by atoms with Crippen molar-refractivity contribution in [1.82, 2.24) is 0 Å². The normalized spacial score (nSPS) is 11.7. The van der Waals surface area contributed by atoms with E-state index in [-0.39, 0.29) is 12.0 Å². The topological polar surface area (TPSA) is 109 Å². The van der Waals surface area contributed by atoms with Crippen LogP contribution in [0.4, 0.5) is 0 Å². The molecule has 38 heavy (non-hydrogen) atoms. The quantitative estimate of drug-likeness (QED) is 0.0718. The van der Waals surface area contributed by atoms with Gasteiger partial charge in [-0.1, -0.05) is 13.5 Å². The van der Waals surface area contributed by atoms with E-state index in [0.29, 0.717) is 119 Å². The lowest BCUT2D eigenvalue weighted by atomic mass is 9.88. The lowest BCUT2D eigenvalue weighted by molar-refractivity contribution is -0.139. The van der Waals surface area contributed by atoms with Gasteiger partial charge in [0.2, 0.25) is 0 Å². The van der Waals surface area contributed by atoms with Crippen LogP contribution in [-0.2, 0) is 52.2 Å². The second-order valence-corrected chi connectivity index (χ2v) is 8.23. The molecule has 0 rings (SSSR count). The van der Waals surface area contributed by atoms with Crippen molar-refractivity contribution in [2.24, 2.45) is 5.41 Å². The SMILES string of the molecule is C=CC(=O)OCCOCCOCCOCC(CC)(COCCOCCOCC)COCCOCCOCC. The molecule has 0 saturated carbocycles. The van der Waals surface area contributed by atoms with E-state index in [2.05, 4.69) is 13.5 Å². The predicted octanol–water partition coefficient (Wildman–Crippen LogP) is 2.30. The van der Waals surface area contributed by atoms with Gasteiger partial charge in [-0.25, -0.2) is 4.79 Å². The number of carbonyl (C=O) groups excluding carboxylic acids is 1. The molecule has 0 aliphatic rings. The Kier molecular flexibility index (Phi) is 28.0. The van der Waals surface area contributed by atoms with Crippen LogP contribution in [0.1, 0.15) is 27.2 Å². The Hall–Kier alpha value is -1.15. The number of rotatable bonds is 31. The van der Waals surface area contributed by atoms with Gasteiger partial charge in [-0.05, 0) is 20.3 Å². The van der Waals surface area contributed by atoms with Gasteiger partial charge in [0.25, 0.3) is 0 Å². The molecule has 0 spiro atoms. The molecule has 0 amide bonds. The van der Waals surface area contributed by atoms with Crippen LogP contribution in [0.3, 0.4) is 0 Å². The number of carbonyl (C=O) groups is 1. The Balaban J connectivity index is 4.19. The summed E-state index contributed by atoms with van der Waals surface area (Å²) in [5.41, 5.74) is -0.289. The maximum Gasteiger partial charge on any atom is 0.330 e. The van der Waals surface area contributed by atoms with Crippen molar-refractivity contribution >= 4 is 5.97 Å². The minimum atomic E-state index is -0.461. The van der Waals surface area contributed by atoms with Gasteiger partial charge in [0.05, 0.1) is 106 Å². The van der Waals surface area contributed by atoms with Gasteiger partial charge in [-0.3, -0.25) is 0 Å². The van der Waals surface area contributed by atoms with Crippen LogP contribution in [0.25, 0.3) is 0 Å². The Labute approximate surface area is 229 Å². The van der Waals surface area contributed by atoms with Gasteiger partial charge in [-0.15, -0.1) is 0 Å². The summed E-state index contributed by atoms with van der Waals surface area (Å²) in [5, 5.41) is 0. The molecule has 0 heterocycles. The average Bonchev–Trinajstić information content (AvgIpc) is 2.93. The molecular weight excluding hydrogens is 500 g/mol. The summed E-state index contributed by atoms with van der Waals surface area (Å²) in [6, 6.07) is 0. The fraction of sp³-hybridized carbons (Fsp3) is 0.889. The van der Waals surface area contributed by atoms with E-state index in [0.717, 1.165) is 12.5 Å². The third-order valence-corrected chi connectivity index (χ3v) is 5.25. The molecule has 0 unspecified atom stereocenters. The number of esters is 1. The molecule has 0 saturated heterocycles. The Morgan fingerprint density at radius 3 is 1.16 bits per heavy atom. The third-order valence-electron chi connectivity index (χ3n) is 5.25. The van der Waals surface area contributed by atoms with E-state index in [1.807, 2.05) is 13.8 Å². The first-order valence-electron chi connectivity index (χ1n) is 13.6. The van der Waals surface area contributed by atoms with E-state index in [1.54, 1.807) is 0 Å². The van der Waals surface area contributed by atoms with E-state index < -0.39 is 5.97 Å². The fourth-order valence-corrected chi connectivity index (χ4v) is 2.96. The van der Waals surface area contributed by atoms with Crippen LogP contribution in [0.5, 0.6) is 0 Å². The molecule has 0 aromatic heterocycles. The molecule has 11 heteroatoms. The Morgan fingerprint density at radius 2 is 0.842 bits per heavy atom. The lowest BCUT2D eigenvalue weighted by Crippen LogP contribution is -2.38. The fourth-order valence-electron chi connectivity index (χ4n) is 2.96. The van der Waals surface area contributed by atoms with E-state index in [1.165, 1.54) is 0 Å². The number of ether oxygens (including phenoxy) is 10. The molecule has 226 valence electrons. The van der Waals surface area contributed by atoms with E-state index in [4.69, 9.17) is 47.4 Å². The number of hydrogen-bond acceptors (Lipinski definition) is 11. The second-order valence-electron chi connectivity index (χ2n) is 8.23. The standard InChI is InChI=1S/C27H52O11/c1-5-26(28)38-22-21-34-14-13-33-17-20-37-25-27(6-2,23-35-18-15-31-11-9-29-7-3)24-36-19-16-32-12-10-30-8-4/h5H,1,6-25H2,2-4H3. The minimum Gasteiger partial charge on any atom is -0.460 e. The monoisotopic (exact) mass is 552 g/mol. The molecule has 0 fully saturated rings. The van der Waals surface area contributed by atoms with Gasteiger partial charge in [0, 0.05) is 24.7 Å². The molecule has 0 atom stereocenters. The van der Waals surface area contributed by atoms with E-state index >= 15 is 0 Å². The highest BCUT2D eigenvalue weighted by atomic mass is 16.6. The largest absolute Gasteiger partial charge is 0.460 e. The van der Waals surface area contributed by atoms with E-state index in [9.17, 15) is 4.79 Å². The first-order valence-corrected chi connectivity index (χ1v) is 13.6. The second kappa shape index (κ2) is 28.8. The molecule has 0 aliphatic carbocycles. The van der Waals surface area contributed by atoms with Crippen LogP contribution in [0, 0.1) is 5.41 Å². The van der Waals surface area contributed by atoms with Crippen molar-refractivity contribution in [3.63, 3.8) is 0 Å². The molecular formula is C27H52O11. The van der Waals surface area contributed by atoms with Gasteiger partial charge in [0.15, 0.2) is 0 Å². The Morgan fingerprint density at radius 1 is 0.526 bits per heavy atom. The van der Waals surface area contributed by atoms with Crippen LogP contribution >= 0.6 is 0 Å². The zero-order valence-corrected chi connectivity index (χ0v) is 23.9. The van der Waals surface area contributed by atoms with Crippen molar-refractivity contribution in [2.75, 3.05) is 126 Å². The maximum absolute atomic E-state index is 10.9. The third kappa shape index (κ3) is 23.9. The first-order chi connectivity index (χ1) is 18.6. The molecule has 0 aliphatic heterocycles. The van der Waals surface area contributed by atoms with Gasteiger partial charge in [-0.2, -0.15) is 0 Å². The van der Waals surface area contributed by atoms with Crippen LogP contribution < -0.4 is 0 Å². The molecule has 0 radical (unpaired) electrons. The summed E-state index contributed by atoms with van der Waals surface area (Å²) in [4.78, 5) is 10.9. The molecule has 0 bridgehead atoms. The van der Waals surface area contributed by atoms with Crippen LogP contribution in [0.2, 0.25) is 0 Å². The molecule has 0 N–H and O–H groups in total. The van der Waals surface area contributed by atoms with Crippen LogP contribution in [0.15, 0.2) is 12.7 Å². The summed E-state index contributed by atoms with van der Waals surface area (Å²) in [5.74, 6) is -0.461. The van der Waals surface area contributed by atoms with Gasteiger partial charge in [0.1, 0.15) is 6.61 Å². The highest BCUT2D eigenvalue weighted by Gasteiger charge is 2.29. The lowest BCUT2D eigenvalue weighted by Gasteiger charge is -2.32. The van der Waals surface area contributed by atoms with Crippen molar-refractivity contribution in [3.8, 4) is 0 Å². The Bertz CT molecular complexity index is 499. The summed E-state index contributed by atoms with van der Waals surface area (Å²) >= 11 is 0. The van der Waals surface area contributed by atoms with Crippen molar-refractivity contribution in [2.45, 2.75) is 27.2 Å². The minimum absolute atomic E-state index is 0.190. The molecule has 0 aromatic rings. The summed E-state index contributed by atoms with van der Waals surface area (Å²) in [7, 11) is 0. The summed E-state index contributed by atoms with van der Waals surface area (Å²) < 4.78 is 55.1. The van der Waals surface area contributed by atoms with Crippen LogP contribution in [-0.4, -0.2) is 132 Å². The van der Waals surface area contributed by atoms with Crippen molar-refractivity contribution < 1.29 is 52.2 Å². The number of hydrogen-bond donors (Lipinski definition) is 0. The summed E-state index contributed by atoms with van der Waals surface area (Å²) in [6.45, 7) is 18.7. The smallest absolute Gasteiger partial charge is 0.330 e. The zero-order chi connectivity index (χ0) is 28.0.